The molecule has 0 saturated carbocycles. The zero-order valence-corrected chi connectivity index (χ0v) is 14.4. The number of hydrogen-bond acceptors (Lipinski definition) is 5. The molecule has 0 bridgehead atoms. The molecule has 1 aromatic carbocycles. The number of amides is 1. The number of carbonyl (C=O) groups excluding carboxylic acids is 1. The molecule has 0 aliphatic heterocycles. The van der Waals surface area contributed by atoms with Crippen LogP contribution < -0.4 is 5.32 Å². The maximum absolute atomic E-state index is 12.0. The highest BCUT2D eigenvalue weighted by Gasteiger charge is 2.14. The van der Waals surface area contributed by atoms with Gasteiger partial charge in [-0.25, -0.2) is 0 Å². The standard InChI is InChI=1S/C16H21N3O3S/c1-11(2)8-17-14(20)9-23(21)10-15-18-16(19-22-15)13-6-4-12(3)5-7-13/h4-7,11H,8-10H2,1-3H3,(H,17,20). The third kappa shape index (κ3) is 5.59. The molecule has 1 heterocycles. The molecule has 0 spiro atoms. The largest absolute Gasteiger partial charge is 0.355 e. The zero-order valence-electron chi connectivity index (χ0n) is 13.5. The summed E-state index contributed by atoms with van der Waals surface area (Å²) in [4.78, 5) is 15.9. The topological polar surface area (TPSA) is 85.1 Å². The average Bonchev–Trinajstić information content (AvgIpc) is 2.94. The number of nitrogens with one attached hydrogen (secondary N) is 1. The number of aromatic nitrogens is 2. The summed E-state index contributed by atoms with van der Waals surface area (Å²) in [5, 5.41) is 6.62. The van der Waals surface area contributed by atoms with Crippen LogP contribution in [0.5, 0.6) is 0 Å². The van der Waals surface area contributed by atoms with Crippen molar-refractivity contribution in [1.82, 2.24) is 15.5 Å². The molecule has 0 aliphatic rings. The van der Waals surface area contributed by atoms with Gasteiger partial charge >= 0.3 is 0 Å². The van der Waals surface area contributed by atoms with Crippen LogP contribution >= 0.6 is 0 Å². The van der Waals surface area contributed by atoms with Crippen molar-refractivity contribution >= 4 is 16.7 Å². The van der Waals surface area contributed by atoms with Crippen LogP contribution in [0.1, 0.15) is 25.3 Å². The van der Waals surface area contributed by atoms with Gasteiger partial charge in [0.15, 0.2) is 0 Å². The maximum Gasteiger partial charge on any atom is 0.239 e. The third-order valence-corrected chi connectivity index (χ3v) is 4.21. The lowest BCUT2D eigenvalue weighted by Gasteiger charge is -2.06. The minimum atomic E-state index is -1.37. The van der Waals surface area contributed by atoms with Gasteiger partial charge in [0.25, 0.3) is 0 Å². The van der Waals surface area contributed by atoms with Crippen LogP contribution in [0.4, 0.5) is 0 Å². The molecule has 1 N–H and O–H groups in total. The van der Waals surface area contributed by atoms with Crippen LogP contribution in [0.3, 0.4) is 0 Å². The molecule has 1 amide bonds. The fraction of sp³-hybridized carbons (Fsp3) is 0.438. The molecule has 0 fully saturated rings. The molecule has 0 saturated heterocycles. The summed E-state index contributed by atoms with van der Waals surface area (Å²) in [7, 11) is -1.37. The van der Waals surface area contributed by atoms with Gasteiger partial charge in [0.2, 0.25) is 17.6 Å². The molecular formula is C16H21N3O3S. The second-order valence-corrected chi connectivity index (χ2v) is 7.26. The molecule has 7 heteroatoms. The summed E-state index contributed by atoms with van der Waals surface area (Å²) in [6.07, 6.45) is 0. The Hall–Kier alpha value is -2.02. The zero-order chi connectivity index (χ0) is 16.8. The predicted octanol–water partition coefficient (Wildman–Crippen LogP) is 2.07. The molecular weight excluding hydrogens is 314 g/mol. The van der Waals surface area contributed by atoms with Crippen LogP contribution in [-0.4, -0.2) is 32.6 Å². The maximum atomic E-state index is 12.0. The molecule has 6 nitrogen and oxygen atoms in total. The van der Waals surface area contributed by atoms with Crippen molar-refractivity contribution in [3.05, 3.63) is 35.7 Å². The third-order valence-electron chi connectivity index (χ3n) is 3.06. The van der Waals surface area contributed by atoms with Crippen LogP contribution in [0.25, 0.3) is 11.4 Å². The van der Waals surface area contributed by atoms with Crippen molar-refractivity contribution in [1.29, 1.82) is 0 Å². The first-order valence-electron chi connectivity index (χ1n) is 7.45. The smallest absolute Gasteiger partial charge is 0.239 e. The highest BCUT2D eigenvalue weighted by atomic mass is 32.2. The molecule has 0 radical (unpaired) electrons. The van der Waals surface area contributed by atoms with E-state index in [4.69, 9.17) is 4.52 Å². The molecule has 1 unspecified atom stereocenters. The average molecular weight is 335 g/mol. The summed E-state index contributed by atoms with van der Waals surface area (Å²) < 4.78 is 17.1. The first kappa shape index (κ1) is 17.3. The molecule has 1 aromatic heterocycles. The first-order chi connectivity index (χ1) is 10.9. The number of nitrogens with zero attached hydrogens (tertiary/aromatic N) is 2. The van der Waals surface area contributed by atoms with Crippen molar-refractivity contribution < 1.29 is 13.5 Å². The second-order valence-electron chi connectivity index (χ2n) is 5.80. The van der Waals surface area contributed by atoms with E-state index < -0.39 is 10.8 Å². The van der Waals surface area contributed by atoms with Crippen LogP contribution in [0.15, 0.2) is 28.8 Å². The lowest BCUT2D eigenvalue weighted by atomic mass is 10.1. The van der Waals surface area contributed by atoms with E-state index in [1.54, 1.807) is 0 Å². The summed E-state index contributed by atoms with van der Waals surface area (Å²) in [5.74, 6) is 0.885. The Balaban J connectivity index is 1.90. The highest BCUT2D eigenvalue weighted by molar-refractivity contribution is 7.84. The van der Waals surface area contributed by atoms with Crippen molar-refractivity contribution in [2.75, 3.05) is 12.3 Å². The number of aryl methyl sites for hydroxylation is 1. The monoisotopic (exact) mass is 335 g/mol. The van der Waals surface area contributed by atoms with Crippen LogP contribution in [-0.2, 0) is 21.3 Å². The van der Waals surface area contributed by atoms with E-state index in [-0.39, 0.29) is 23.3 Å². The summed E-state index contributed by atoms with van der Waals surface area (Å²) in [6.45, 7) is 6.58. The molecule has 23 heavy (non-hydrogen) atoms. The highest BCUT2D eigenvalue weighted by Crippen LogP contribution is 2.16. The van der Waals surface area contributed by atoms with Gasteiger partial charge in [-0.05, 0) is 12.8 Å². The minimum absolute atomic E-state index is 0.0606. The van der Waals surface area contributed by atoms with E-state index in [2.05, 4.69) is 15.5 Å². The fourth-order valence-corrected chi connectivity index (χ4v) is 2.73. The summed E-state index contributed by atoms with van der Waals surface area (Å²) >= 11 is 0. The lowest BCUT2D eigenvalue weighted by Crippen LogP contribution is -2.31. The van der Waals surface area contributed by atoms with Gasteiger partial charge < -0.3 is 9.84 Å². The van der Waals surface area contributed by atoms with Crippen molar-refractivity contribution in [2.45, 2.75) is 26.5 Å². The SMILES string of the molecule is Cc1ccc(-c2noc(CS(=O)CC(=O)NCC(C)C)n2)cc1. The Labute approximate surface area is 138 Å². The summed E-state index contributed by atoms with van der Waals surface area (Å²) in [6, 6.07) is 7.73. The number of benzene rings is 1. The van der Waals surface area contributed by atoms with Gasteiger partial charge in [0.1, 0.15) is 11.5 Å². The van der Waals surface area contributed by atoms with Crippen LogP contribution in [0.2, 0.25) is 0 Å². The summed E-state index contributed by atoms with van der Waals surface area (Å²) in [5.41, 5.74) is 1.98. The molecule has 0 aliphatic carbocycles. The van der Waals surface area contributed by atoms with Crippen molar-refractivity contribution in [2.24, 2.45) is 5.92 Å². The van der Waals surface area contributed by atoms with Crippen LogP contribution in [0, 0.1) is 12.8 Å². The molecule has 2 aromatic rings. The predicted molar refractivity (Wildman–Crippen MR) is 89.0 cm³/mol. The van der Waals surface area contributed by atoms with Crippen molar-refractivity contribution in [3.63, 3.8) is 0 Å². The Kier molecular flexibility index (Phi) is 6.04. The quantitative estimate of drug-likeness (QED) is 0.837. The Morgan fingerprint density at radius 3 is 2.65 bits per heavy atom. The van der Waals surface area contributed by atoms with E-state index in [0.29, 0.717) is 18.3 Å². The van der Waals surface area contributed by atoms with Gasteiger partial charge in [-0.2, -0.15) is 4.98 Å². The van der Waals surface area contributed by atoms with Gasteiger partial charge in [-0.1, -0.05) is 48.8 Å². The first-order valence-corrected chi connectivity index (χ1v) is 8.94. The van der Waals surface area contributed by atoms with Gasteiger partial charge in [-0.15, -0.1) is 0 Å². The second kappa shape index (κ2) is 8.01. The Bertz CT molecular complexity index is 680. The lowest BCUT2D eigenvalue weighted by molar-refractivity contribution is -0.118. The van der Waals surface area contributed by atoms with E-state index in [0.717, 1.165) is 11.1 Å². The van der Waals surface area contributed by atoms with Gasteiger partial charge in [-0.3, -0.25) is 9.00 Å². The fourth-order valence-electron chi connectivity index (χ4n) is 1.84. The van der Waals surface area contributed by atoms with E-state index in [1.807, 2.05) is 45.0 Å². The Morgan fingerprint density at radius 1 is 1.30 bits per heavy atom. The van der Waals surface area contributed by atoms with E-state index in [9.17, 15) is 9.00 Å². The molecule has 124 valence electrons. The minimum Gasteiger partial charge on any atom is -0.355 e. The van der Waals surface area contributed by atoms with Crippen molar-refractivity contribution in [3.8, 4) is 11.4 Å². The Morgan fingerprint density at radius 2 is 2.00 bits per heavy atom. The number of carbonyl (C=O) groups is 1. The number of rotatable bonds is 7. The van der Waals surface area contributed by atoms with E-state index >= 15 is 0 Å². The van der Waals surface area contributed by atoms with Gasteiger partial charge in [0, 0.05) is 22.9 Å². The normalized spacial score (nSPS) is 12.3. The molecule has 2 rings (SSSR count). The van der Waals surface area contributed by atoms with E-state index in [1.165, 1.54) is 0 Å². The molecule has 1 atom stereocenters. The number of hydrogen-bond donors (Lipinski definition) is 1. The van der Waals surface area contributed by atoms with Gasteiger partial charge in [0.05, 0.1) is 0 Å².